The molecule has 1 saturated heterocycles. The van der Waals surface area contributed by atoms with Gasteiger partial charge in [0.2, 0.25) is 0 Å². The molecule has 0 aliphatic carbocycles. The molecule has 0 spiro atoms. The van der Waals surface area contributed by atoms with Gasteiger partial charge in [-0.25, -0.2) is 4.99 Å². The first-order chi connectivity index (χ1) is 18.2. The second-order valence-corrected chi connectivity index (χ2v) is 11.0. The second kappa shape index (κ2) is 12.9. The van der Waals surface area contributed by atoms with Crippen LogP contribution in [0.4, 0.5) is 11.4 Å². The first-order valence-corrected chi connectivity index (χ1v) is 14.1. The molecule has 3 aromatic rings. The fourth-order valence-electron chi connectivity index (χ4n) is 3.37. The average molecular weight is 682 g/mol. The predicted molar refractivity (Wildman–Crippen MR) is 163 cm³/mol. The summed E-state index contributed by atoms with van der Waals surface area (Å²) < 4.78 is 12.4. The van der Waals surface area contributed by atoms with Gasteiger partial charge in [-0.3, -0.25) is 9.59 Å². The minimum Gasteiger partial charge on any atom is -0.490 e. The quantitative estimate of drug-likeness (QED) is 0.194. The number of nitrogens with zero attached hydrogens (tertiary/aromatic N) is 1. The Balaban J connectivity index is 1.50. The number of hydrogen-bond acceptors (Lipinski definition) is 6. The Hall–Kier alpha value is -2.73. The van der Waals surface area contributed by atoms with Crippen molar-refractivity contribution in [1.82, 2.24) is 5.32 Å². The van der Waals surface area contributed by atoms with Crippen LogP contribution in [0.5, 0.6) is 11.5 Å². The van der Waals surface area contributed by atoms with Crippen LogP contribution in [0.1, 0.15) is 18.1 Å². The van der Waals surface area contributed by atoms with Gasteiger partial charge in [0.25, 0.3) is 11.8 Å². The van der Waals surface area contributed by atoms with Crippen molar-refractivity contribution < 1.29 is 19.1 Å². The lowest BCUT2D eigenvalue weighted by Crippen LogP contribution is -2.20. The number of carbonyl (C=O) groups excluding carboxylic acids is 2. The molecule has 38 heavy (non-hydrogen) atoms. The first kappa shape index (κ1) is 28.3. The Bertz CT molecular complexity index is 1440. The van der Waals surface area contributed by atoms with Crippen LogP contribution in [0.25, 0.3) is 6.08 Å². The van der Waals surface area contributed by atoms with Crippen molar-refractivity contribution >= 4 is 92.0 Å². The van der Waals surface area contributed by atoms with Crippen LogP contribution in [0, 0.1) is 10.5 Å². The number of amidine groups is 1. The summed E-state index contributed by atoms with van der Waals surface area (Å²) >= 11 is 15.6. The Labute approximate surface area is 248 Å². The topological polar surface area (TPSA) is 89.0 Å². The Morgan fingerprint density at radius 3 is 2.66 bits per heavy atom. The summed E-state index contributed by atoms with van der Waals surface area (Å²) in [6, 6.07) is 16.2. The van der Waals surface area contributed by atoms with Crippen LogP contribution >= 0.6 is 57.6 Å². The van der Waals surface area contributed by atoms with Crippen LogP contribution in [0.15, 0.2) is 64.5 Å². The number of carbonyl (C=O) groups is 2. The number of halogens is 3. The zero-order chi connectivity index (χ0) is 27.2. The van der Waals surface area contributed by atoms with Crippen molar-refractivity contribution in [1.29, 1.82) is 0 Å². The van der Waals surface area contributed by atoms with Crippen molar-refractivity contribution in [3.8, 4) is 11.5 Å². The zero-order valence-electron chi connectivity index (χ0n) is 20.3. The summed E-state index contributed by atoms with van der Waals surface area (Å²) in [4.78, 5) is 29.9. The number of amides is 2. The minimum atomic E-state index is -0.288. The summed E-state index contributed by atoms with van der Waals surface area (Å²) in [5.41, 5.74) is 2.99. The third kappa shape index (κ3) is 7.22. The molecule has 0 saturated carbocycles. The fourth-order valence-corrected chi connectivity index (χ4v) is 5.32. The van der Waals surface area contributed by atoms with Gasteiger partial charge in [-0.1, -0.05) is 47.0 Å². The molecule has 11 heteroatoms. The fraction of sp³-hybridized carbons (Fsp3) is 0.148. The monoisotopic (exact) mass is 681 g/mol. The summed E-state index contributed by atoms with van der Waals surface area (Å²) in [6.45, 7) is 4.05. The van der Waals surface area contributed by atoms with E-state index in [0.717, 1.165) is 14.7 Å². The van der Waals surface area contributed by atoms with Gasteiger partial charge in [0.15, 0.2) is 23.3 Å². The number of aliphatic imine (C=N–C) groups is 1. The van der Waals surface area contributed by atoms with Crippen molar-refractivity contribution in [2.24, 2.45) is 4.99 Å². The smallest absolute Gasteiger partial charge is 0.264 e. The van der Waals surface area contributed by atoms with E-state index in [-0.39, 0.29) is 18.4 Å². The molecule has 0 bridgehead atoms. The molecule has 1 aliphatic rings. The molecule has 4 rings (SSSR count). The highest BCUT2D eigenvalue weighted by molar-refractivity contribution is 14.1. The van der Waals surface area contributed by atoms with E-state index in [9.17, 15) is 9.59 Å². The lowest BCUT2D eigenvalue weighted by Gasteiger charge is -2.15. The molecule has 0 unspecified atom stereocenters. The Morgan fingerprint density at radius 2 is 1.92 bits per heavy atom. The number of thioether (sulfide) groups is 1. The molecule has 3 aromatic carbocycles. The predicted octanol–water partition coefficient (Wildman–Crippen LogP) is 7.21. The Morgan fingerprint density at radius 1 is 1.16 bits per heavy atom. The molecular weight excluding hydrogens is 660 g/mol. The van der Waals surface area contributed by atoms with Gasteiger partial charge >= 0.3 is 0 Å². The SMILES string of the molecule is CCOc1cc(/C=C2/SC(=Nc3cccc(Cl)c3Cl)NC2=O)cc(I)c1OCC(=O)Nc1ccc(C)cc1. The normalized spacial score (nSPS) is 15.0. The van der Waals surface area contributed by atoms with Gasteiger partial charge in [-0.05, 0) is 96.2 Å². The molecule has 2 amide bonds. The summed E-state index contributed by atoms with van der Waals surface area (Å²) in [7, 11) is 0. The van der Waals surface area contributed by atoms with Gasteiger partial charge in [0, 0.05) is 5.69 Å². The van der Waals surface area contributed by atoms with Gasteiger partial charge in [-0.2, -0.15) is 0 Å². The first-order valence-electron chi connectivity index (χ1n) is 11.4. The number of aryl methyl sites for hydroxylation is 1. The van der Waals surface area contributed by atoms with Gasteiger partial charge < -0.3 is 20.1 Å². The molecule has 1 aliphatic heterocycles. The number of hydrogen-bond donors (Lipinski definition) is 2. The van der Waals surface area contributed by atoms with E-state index in [1.807, 2.05) is 44.2 Å². The average Bonchev–Trinajstić information content (AvgIpc) is 3.21. The van der Waals surface area contributed by atoms with Crippen molar-refractivity contribution in [2.45, 2.75) is 13.8 Å². The van der Waals surface area contributed by atoms with E-state index in [1.165, 1.54) is 11.8 Å². The van der Waals surface area contributed by atoms with Gasteiger partial charge in [0.05, 0.1) is 30.8 Å². The van der Waals surface area contributed by atoms with Crippen LogP contribution in [0.3, 0.4) is 0 Å². The minimum absolute atomic E-state index is 0.186. The molecule has 1 fully saturated rings. The maximum atomic E-state index is 12.6. The summed E-state index contributed by atoms with van der Waals surface area (Å²) in [6.07, 6.45) is 1.74. The highest BCUT2D eigenvalue weighted by atomic mass is 127. The number of rotatable bonds is 8. The maximum Gasteiger partial charge on any atom is 0.264 e. The van der Waals surface area contributed by atoms with Crippen LogP contribution in [-0.4, -0.2) is 30.2 Å². The lowest BCUT2D eigenvalue weighted by molar-refractivity contribution is -0.118. The van der Waals surface area contributed by atoms with Crippen molar-refractivity contribution in [3.05, 3.63) is 84.2 Å². The number of benzene rings is 3. The molecule has 2 N–H and O–H groups in total. The third-order valence-electron chi connectivity index (χ3n) is 5.12. The standard InChI is InChI=1S/C27H22Cl2IN3O4S/c1-3-36-21-12-16(11-19(30)25(21)37-14-23(34)31-17-9-7-15(2)8-10-17)13-22-26(35)33-27(38-22)32-20-6-4-5-18(28)24(20)29/h4-13H,3,14H2,1-2H3,(H,31,34)(H,32,33,35)/b22-13+. The van der Waals surface area contributed by atoms with Crippen LogP contribution < -0.4 is 20.1 Å². The van der Waals surface area contributed by atoms with Crippen LogP contribution in [-0.2, 0) is 9.59 Å². The molecule has 7 nitrogen and oxygen atoms in total. The molecule has 0 atom stereocenters. The zero-order valence-corrected chi connectivity index (χ0v) is 24.8. The summed E-state index contributed by atoms with van der Waals surface area (Å²) in [5, 5.41) is 6.64. The van der Waals surface area contributed by atoms with Gasteiger partial charge in [-0.15, -0.1) is 0 Å². The summed E-state index contributed by atoms with van der Waals surface area (Å²) in [5.74, 6) is 0.351. The molecule has 0 aromatic heterocycles. The Kier molecular flexibility index (Phi) is 9.59. The largest absolute Gasteiger partial charge is 0.490 e. The lowest BCUT2D eigenvalue weighted by atomic mass is 10.2. The number of anilines is 1. The van der Waals surface area contributed by atoms with E-state index in [1.54, 1.807) is 30.3 Å². The van der Waals surface area contributed by atoms with E-state index < -0.39 is 0 Å². The van der Waals surface area contributed by atoms with Crippen molar-refractivity contribution in [2.75, 3.05) is 18.5 Å². The second-order valence-electron chi connectivity index (χ2n) is 8.02. The maximum absolute atomic E-state index is 12.6. The van der Waals surface area contributed by atoms with Crippen molar-refractivity contribution in [3.63, 3.8) is 0 Å². The molecule has 196 valence electrons. The van der Waals surface area contributed by atoms with E-state index >= 15 is 0 Å². The van der Waals surface area contributed by atoms with Gasteiger partial charge in [0.1, 0.15) is 0 Å². The number of ether oxygens (including phenoxy) is 2. The van der Waals surface area contributed by atoms with E-state index in [4.69, 9.17) is 32.7 Å². The van der Waals surface area contributed by atoms with E-state index in [0.29, 0.717) is 49.6 Å². The molecule has 0 radical (unpaired) electrons. The molecular formula is C27H22Cl2IN3O4S. The van der Waals surface area contributed by atoms with Crippen LogP contribution in [0.2, 0.25) is 10.0 Å². The van der Waals surface area contributed by atoms with E-state index in [2.05, 4.69) is 38.2 Å². The molecule has 1 heterocycles. The number of nitrogens with one attached hydrogen (secondary N) is 2. The highest BCUT2D eigenvalue weighted by Crippen LogP contribution is 2.37. The third-order valence-corrected chi connectivity index (χ3v) is 7.64. The highest BCUT2D eigenvalue weighted by Gasteiger charge is 2.25.